The van der Waals surface area contributed by atoms with E-state index in [-0.39, 0.29) is 17.6 Å². The van der Waals surface area contributed by atoms with Crippen LogP contribution in [-0.4, -0.2) is 11.8 Å². The molecular formula is C21H16BrFN2O2. The van der Waals surface area contributed by atoms with E-state index >= 15 is 0 Å². The van der Waals surface area contributed by atoms with E-state index in [9.17, 15) is 14.0 Å². The van der Waals surface area contributed by atoms with Crippen LogP contribution in [0, 0.1) is 12.7 Å². The first-order valence-electron chi connectivity index (χ1n) is 8.17. The Hall–Kier alpha value is -2.99. The largest absolute Gasteiger partial charge is 0.322 e. The fourth-order valence-corrected chi connectivity index (χ4v) is 2.79. The van der Waals surface area contributed by atoms with Crippen LogP contribution >= 0.6 is 15.9 Å². The van der Waals surface area contributed by atoms with Crippen molar-refractivity contribution in [3.05, 3.63) is 93.7 Å². The second-order valence-corrected chi connectivity index (χ2v) is 6.81. The highest BCUT2D eigenvalue weighted by molar-refractivity contribution is 9.10. The summed E-state index contributed by atoms with van der Waals surface area (Å²) in [4.78, 5) is 24.8. The molecular weight excluding hydrogens is 411 g/mol. The van der Waals surface area contributed by atoms with E-state index in [1.165, 1.54) is 24.3 Å². The van der Waals surface area contributed by atoms with Crippen molar-refractivity contribution in [1.29, 1.82) is 0 Å². The van der Waals surface area contributed by atoms with Crippen molar-refractivity contribution < 1.29 is 14.0 Å². The molecule has 3 aromatic rings. The molecule has 0 fully saturated rings. The van der Waals surface area contributed by atoms with E-state index in [0.717, 1.165) is 10.0 Å². The van der Waals surface area contributed by atoms with E-state index in [1.807, 2.05) is 13.0 Å². The third-order valence-electron chi connectivity index (χ3n) is 3.92. The van der Waals surface area contributed by atoms with E-state index in [2.05, 4.69) is 26.6 Å². The van der Waals surface area contributed by atoms with Gasteiger partial charge in [0.2, 0.25) is 0 Å². The first-order chi connectivity index (χ1) is 12.9. The molecule has 0 radical (unpaired) electrons. The summed E-state index contributed by atoms with van der Waals surface area (Å²) in [6, 6.07) is 17.4. The van der Waals surface area contributed by atoms with E-state index in [1.54, 1.807) is 36.4 Å². The summed E-state index contributed by atoms with van der Waals surface area (Å²) in [5, 5.41) is 5.47. The van der Waals surface area contributed by atoms with E-state index in [0.29, 0.717) is 22.5 Å². The van der Waals surface area contributed by atoms with Crippen LogP contribution in [0.15, 0.2) is 71.2 Å². The third-order valence-corrected chi connectivity index (χ3v) is 4.77. The summed E-state index contributed by atoms with van der Waals surface area (Å²) < 4.78 is 13.8. The highest BCUT2D eigenvalue weighted by atomic mass is 79.9. The molecule has 0 aliphatic rings. The van der Waals surface area contributed by atoms with Gasteiger partial charge in [-0.1, -0.05) is 28.1 Å². The van der Waals surface area contributed by atoms with Crippen LogP contribution in [0.25, 0.3) is 0 Å². The molecule has 0 atom stereocenters. The lowest BCUT2D eigenvalue weighted by atomic mass is 10.1. The SMILES string of the molecule is Cc1ccc(C(=O)Nc2cccc(C(=O)Nc3ccc(F)cc3)c2)cc1Br. The summed E-state index contributed by atoms with van der Waals surface area (Å²) in [7, 11) is 0. The van der Waals surface area contributed by atoms with E-state index < -0.39 is 0 Å². The normalized spacial score (nSPS) is 10.3. The smallest absolute Gasteiger partial charge is 0.255 e. The van der Waals surface area contributed by atoms with Crippen molar-refractivity contribution in [2.75, 3.05) is 10.6 Å². The quantitative estimate of drug-likeness (QED) is 0.586. The van der Waals surface area contributed by atoms with Gasteiger partial charge in [0.15, 0.2) is 0 Å². The molecule has 0 unspecified atom stereocenters. The van der Waals surface area contributed by atoms with Crippen molar-refractivity contribution in [2.45, 2.75) is 6.92 Å². The fourth-order valence-electron chi connectivity index (χ4n) is 2.41. The molecule has 0 aromatic heterocycles. The van der Waals surface area contributed by atoms with Gasteiger partial charge in [-0.15, -0.1) is 0 Å². The Labute approximate surface area is 164 Å². The average Bonchev–Trinajstić information content (AvgIpc) is 2.66. The molecule has 0 aliphatic heterocycles. The molecule has 3 rings (SSSR count). The number of amides is 2. The lowest BCUT2D eigenvalue weighted by Crippen LogP contribution is -2.14. The molecule has 6 heteroatoms. The molecule has 2 N–H and O–H groups in total. The summed E-state index contributed by atoms with van der Waals surface area (Å²) in [5.41, 5.74) is 2.91. The molecule has 0 bridgehead atoms. The predicted molar refractivity (Wildman–Crippen MR) is 108 cm³/mol. The Morgan fingerprint density at radius 1 is 0.815 bits per heavy atom. The Morgan fingerprint density at radius 3 is 2.11 bits per heavy atom. The molecule has 0 aliphatic carbocycles. The van der Waals surface area contributed by atoms with Crippen LogP contribution in [0.1, 0.15) is 26.3 Å². The van der Waals surface area contributed by atoms with Crippen LogP contribution in [0.5, 0.6) is 0 Å². The number of aryl methyl sites for hydroxylation is 1. The Balaban J connectivity index is 1.72. The van der Waals surface area contributed by atoms with Gasteiger partial charge < -0.3 is 10.6 Å². The van der Waals surface area contributed by atoms with Gasteiger partial charge >= 0.3 is 0 Å². The number of halogens is 2. The number of anilines is 2. The van der Waals surface area contributed by atoms with Gasteiger partial charge in [0.1, 0.15) is 5.82 Å². The van der Waals surface area contributed by atoms with Gasteiger partial charge in [0, 0.05) is 27.0 Å². The molecule has 3 aromatic carbocycles. The van der Waals surface area contributed by atoms with Gasteiger partial charge in [-0.2, -0.15) is 0 Å². The Kier molecular flexibility index (Phi) is 5.66. The zero-order valence-electron chi connectivity index (χ0n) is 14.4. The number of hydrogen-bond acceptors (Lipinski definition) is 2. The highest BCUT2D eigenvalue weighted by Gasteiger charge is 2.11. The number of hydrogen-bond donors (Lipinski definition) is 2. The van der Waals surface area contributed by atoms with Crippen LogP contribution < -0.4 is 10.6 Å². The van der Waals surface area contributed by atoms with Crippen molar-refractivity contribution in [1.82, 2.24) is 0 Å². The first-order valence-corrected chi connectivity index (χ1v) is 8.96. The van der Waals surface area contributed by atoms with Crippen LogP contribution in [0.3, 0.4) is 0 Å². The maximum Gasteiger partial charge on any atom is 0.255 e. The number of carbonyl (C=O) groups excluding carboxylic acids is 2. The molecule has 27 heavy (non-hydrogen) atoms. The maximum absolute atomic E-state index is 13.0. The highest BCUT2D eigenvalue weighted by Crippen LogP contribution is 2.19. The lowest BCUT2D eigenvalue weighted by molar-refractivity contribution is 0.101. The number of carbonyl (C=O) groups is 2. The van der Waals surface area contributed by atoms with Gasteiger partial charge in [0.25, 0.3) is 11.8 Å². The average molecular weight is 427 g/mol. The monoisotopic (exact) mass is 426 g/mol. The second-order valence-electron chi connectivity index (χ2n) is 5.96. The summed E-state index contributed by atoms with van der Waals surface area (Å²) >= 11 is 3.41. The molecule has 0 heterocycles. The summed E-state index contributed by atoms with van der Waals surface area (Å²) in [5.74, 6) is -0.997. The zero-order chi connectivity index (χ0) is 19.4. The minimum atomic E-state index is -0.375. The van der Waals surface area contributed by atoms with Gasteiger partial charge in [-0.25, -0.2) is 4.39 Å². The van der Waals surface area contributed by atoms with E-state index in [4.69, 9.17) is 0 Å². The Bertz CT molecular complexity index is 1000. The number of rotatable bonds is 4. The number of benzene rings is 3. The van der Waals surface area contributed by atoms with Crippen LogP contribution in [0.4, 0.5) is 15.8 Å². The second kappa shape index (κ2) is 8.14. The van der Waals surface area contributed by atoms with Gasteiger partial charge in [-0.05, 0) is 67.1 Å². The van der Waals surface area contributed by atoms with Crippen molar-refractivity contribution >= 4 is 39.1 Å². The lowest BCUT2D eigenvalue weighted by Gasteiger charge is -2.09. The summed E-state index contributed by atoms with van der Waals surface area (Å²) in [6.45, 7) is 1.94. The molecule has 2 amide bonds. The van der Waals surface area contributed by atoms with Crippen molar-refractivity contribution in [3.63, 3.8) is 0 Å². The zero-order valence-corrected chi connectivity index (χ0v) is 16.0. The number of nitrogens with one attached hydrogen (secondary N) is 2. The van der Waals surface area contributed by atoms with Crippen LogP contribution in [0.2, 0.25) is 0 Å². The first kappa shape index (κ1) is 18.8. The minimum Gasteiger partial charge on any atom is -0.322 e. The van der Waals surface area contributed by atoms with Crippen LogP contribution in [-0.2, 0) is 0 Å². The molecule has 0 saturated carbocycles. The molecule has 4 nitrogen and oxygen atoms in total. The Morgan fingerprint density at radius 2 is 1.44 bits per heavy atom. The van der Waals surface area contributed by atoms with Crippen molar-refractivity contribution in [3.8, 4) is 0 Å². The van der Waals surface area contributed by atoms with Crippen molar-refractivity contribution in [2.24, 2.45) is 0 Å². The topological polar surface area (TPSA) is 58.2 Å². The maximum atomic E-state index is 13.0. The van der Waals surface area contributed by atoms with Gasteiger partial charge in [0.05, 0.1) is 0 Å². The molecule has 136 valence electrons. The standard InChI is InChI=1S/C21H16BrFN2O2/c1-13-5-6-15(12-19(13)22)21(27)25-18-4-2-3-14(11-18)20(26)24-17-9-7-16(23)8-10-17/h2-12H,1H3,(H,24,26)(H,25,27). The predicted octanol–water partition coefficient (Wildman–Crippen LogP) is 5.40. The summed E-state index contributed by atoms with van der Waals surface area (Å²) in [6.07, 6.45) is 0. The van der Waals surface area contributed by atoms with Gasteiger partial charge in [-0.3, -0.25) is 9.59 Å². The third kappa shape index (κ3) is 4.80. The molecule has 0 spiro atoms. The molecule has 0 saturated heterocycles. The minimum absolute atomic E-state index is 0.271. The fraction of sp³-hybridized carbons (Fsp3) is 0.0476.